The van der Waals surface area contributed by atoms with E-state index in [0.29, 0.717) is 17.5 Å². The maximum atomic E-state index is 11.1. The van der Waals surface area contributed by atoms with Crippen LogP contribution in [0.4, 0.5) is 5.69 Å². The summed E-state index contributed by atoms with van der Waals surface area (Å²) in [6.07, 6.45) is 5.90. The van der Waals surface area contributed by atoms with Crippen LogP contribution in [0.1, 0.15) is 42.5 Å². The van der Waals surface area contributed by atoms with Gasteiger partial charge in [-0.1, -0.05) is 12.8 Å². The number of aliphatic hydroxyl groups is 1. The molecule has 1 saturated carbocycles. The van der Waals surface area contributed by atoms with Crippen molar-refractivity contribution in [3.8, 4) is 0 Å². The summed E-state index contributed by atoms with van der Waals surface area (Å²) in [7, 11) is 0. The molecule has 19 heavy (non-hydrogen) atoms. The van der Waals surface area contributed by atoms with Crippen LogP contribution < -0.4 is 0 Å². The quantitative estimate of drug-likeness (QED) is 0.672. The second-order valence-electron chi connectivity index (χ2n) is 5.43. The third kappa shape index (κ3) is 2.92. The molecular weight excluding hydrogens is 244 g/mol. The monoisotopic (exact) mass is 264 g/mol. The van der Waals surface area contributed by atoms with Crippen LogP contribution in [-0.4, -0.2) is 21.1 Å². The first-order valence-corrected chi connectivity index (χ1v) is 6.78. The SMILES string of the molecule is Cc1cnc(CC2CCCCC2O)c(C)c1[N+](=O)[O-]. The molecule has 2 unspecified atom stereocenters. The van der Waals surface area contributed by atoms with E-state index in [-0.39, 0.29) is 22.6 Å². The molecule has 1 aliphatic rings. The molecule has 1 fully saturated rings. The van der Waals surface area contributed by atoms with Crippen LogP contribution in [0.2, 0.25) is 0 Å². The van der Waals surface area contributed by atoms with E-state index in [4.69, 9.17) is 0 Å². The highest BCUT2D eigenvalue weighted by molar-refractivity contribution is 5.47. The predicted octanol–water partition coefficient (Wildman–Crippen LogP) is 2.70. The van der Waals surface area contributed by atoms with Gasteiger partial charge in [0.25, 0.3) is 5.69 Å². The number of aliphatic hydroxyl groups excluding tert-OH is 1. The summed E-state index contributed by atoms with van der Waals surface area (Å²) in [6, 6.07) is 0. The fraction of sp³-hybridized carbons (Fsp3) is 0.643. The van der Waals surface area contributed by atoms with Crippen molar-refractivity contribution in [1.29, 1.82) is 0 Å². The topological polar surface area (TPSA) is 76.3 Å². The predicted molar refractivity (Wildman–Crippen MR) is 72.0 cm³/mol. The summed E-state index contributed by atoms with van der Waals surface area (Å²) in [5, 5.41) is 21.1. The van der Waals surface area contributed by atoms with Crippen molar-refractivity contribution in [3.05, 3.63) is 33.1 Å². The van der Waals surface area contributed by atoms with Crippen LogP contribution in [0.3, 0.4) is 0 Å². The Morgan fingerprint density at radius 3 is 2.74 bits per heavy atom. The maximum Gasteiger partial charge on any atom is 0.278 e. The van der Waals surface area contributed by atoms with E-state index in [1.807, 2.05) is 0 Å². The molecule has 0 amide bonds. The number of nitro groups is 1. The maximum absolute atomic E-state index is 11.1. The molecule has 0 bridgehead atoms. The van der Waals surface area contributed by atoms with Gasteiger partial charge in [0.1, 0.15) is 0 Å². The first-order chi connectivity index (χ1) is 9.00. The van der Waals surface area contributed by atoms with E-state index in [1.165, 1.54) is 0 Å². The van der Waals surface area contributed by atoms with E-state index in [0.717, 1.165) is 31.4 Å². The van der Waals surface area contributed by atoms with E-state index < -0.39 is 0 Å². The molecule has 1 aromatic rings. The highest BCUT2D eigenvalue weighted by Crippen LogP contribution is 2.30. The van der Waals surface area contributed by atoms with Gasteiger partial charge in [0.05, 0.1) is 16.7 Å². The Morgan fingerprint density at radius 2 is 2.11 bits per heavy atom. The molecule has 1 aromatic heterocycles. The number of hydrogen-bond donors (Lipinski definition) is 1. The molecule has 104 valence electrons. The Labute approximate surface area is 112 Å². The molecule has 2 rings (SSSR count). The van der Waals surface area contributed by atoms with Crippen LogP contribution in [-0.2, 0) is 6.42 Å². The van der Waals surface area contributed by atoms with Crippen LogP contribution in [0, 0.1) is 29.9 Å². The average Bonchev–Trinajstić information content (AvgIpc) is 2.35. The van der Waals surface area contributed by atoms with Crippen LogP contribution in [0.15, 0.2) is 6.20 Å². The first kappa shape index (κ1) is 13.9. The van der Waals surface area contributed by atoms with Crippen molar-refractivity contribution >= 4 is 5.69 Å². The summed E-state index contributed by atoms with van der Waals surface area (Å²) in [6.45, 7) is 3.46. The van der Waals surface area contributed by atoms with E-state index in [1.54, 1.807) is 20.0 Å². The zero-order chi connectivity index (χ0) is 14.0. The van der Waals surface area contributed by atoms with Gasteiger partial charge in [-0.25, -0.2) is 0 Å². The Bertz CT molecular complexity index is 488. The number of aromatic nitrogens is 1. The normalized spacial score (nSPS) is 23.3. The number of rotatable bonds is 3. The zero-order valence-corrected chi connectivity index (χ0v) is 11.4. The highest BCUT2D eigenvalue weighted by Gasteiger charge is 2.26. The van der Waals surface area contributed by atoms with Crippen molar-refractivity contribution in [2.45, 2.75) is 52.1 Å². The smallest absolute Gasteiger partial charge is 0.278 e. The third-order valence-electron chi connectivity index (χ3n) is 4.08. The molecule has 0 aliphatic heterocycles. The van der Waals surface area contributed by atoms with Crippen molar-refractivity contribution in [2.24, 2.45) is 5.92 Å². The fourth-order valence-electron chi connectivity index (χ4n) is 2.93. The van der Waals surface area contributed by atoms with Crippen LogP contribution in [0.25, 0.3) is 0 Å². The summed E-state index contributed by atoms with van der Waals surface area (Å²) < 4.78 is 0. The number of aryl methyl sites for hydroxylation is 1. The Hall–Kier alpha value is -1.49. The first-order valence-electron chi connectivity index (χ1n) is 6.78. The van der Waals surface area contributed by atoms with Crippen molar-refractivity contribution in [2.75, 3.05) is 0 Å². The molecule has 0 aromatic carbocycles. The number of hydrogen-bond acceptors (Lipinski definition) is 4. The molecule has 0 spiro atoms. The molecule has 1 heterocycles. The lowest BCUT2D eigenvalue weighted by Gasteiger charge is -2.27. The summed E-state index contributed by atoms with van der Waals surface area (Å²) >= 11 is 0. The minimum absolute atomic E-state index is 0.162. The number of pyridine rings is 1. The van der Waals surface area contributed by atoms with Gasteiger partial charge < -0.3 is 5.11 Å². The summed E-state index contributed by atoms with van der Waals surface area (Å²) in [5.41, 5.74) is 2.15. The molecule has 0 radical (unpaired) electrons. The van der Waals surface area contributed by atoms with Gasteiger partial charge in [-0.2, -0.15) is 0 Å². The zero-order valence-electron chi connectivity index (χ0n) is 11.4. The lowest BCUT2D eigenvalue weighted by molar-refractivity contribution is -0.386. The third-order valence-corrected chi connectivity index (χ3v) is 4.08. The second kappa shape index (κ2) is 5.65. The Balaban J connectivity index is 2.25. The van der Waals surface area contributed by atoms with Gasteiger partial charge in [0, 0.05) is 17.3 Å². The Morgan fingerprint density at radius 1 is 1.42 bits per heavy atom. The van der Waals surface area contributed by atoms with E-state index >= 15 is 0 Å². The minimum atomic E-state index is -0.340. The minimum Gasteiger partial charge on any atom is -0.393 e. The molecule has 1 aliphatic carbocycles. The van der Waals surface area contributed by atoms with Gasteiger partial charge in [-0.15, -0.1) is 0 Å². The lowest BCUT2D eigenvalue weighted by atomic mass is 9.83. The lowest BCUT2D eigenvalue weighted by Crippen LogP contribution is -2.26. The van der Waals surface area contributed by atoms with Crippen molar-refractivity contribution < 1.29 is 10.0 Å². The van der Waals surface area contributed by atoms with Crippen LogP contribution in [0.5, 0.6) is 0 Å². The second-order valence-corrected chi connectivity index (χ2v) is 5.43. The molecule has 1 N–H and O–H groups in total. The standard InChI is InChI=1S/C14H20N2O3/c1-9-8-15-12(10(2)14(9)16(18)19)7-11-5-3-4-6-13(11)17/h8,11,13,17H,3-7H2,1-2H3. The fourth-order valence-corrected chi connectivity index (χ4v) is 2.93. The van der Waals surface area contributed by atoms with Gasteiger partial charge in [-0.05, 0) is 39.0 Å². The van der Waals surface area contributed by atoms with Crippen molar-refractivity contribution in [1.82, 2.24) is 4.98 Å². The summed E-state index contributed by atoms with van der Waals surface area (Å²) in [4.78, 5) is 15.1. The molecule has 5 nitrogen and oxygen atoms in total. The van der Waals surface area contributed by atoms with Gasteiger partial charge in [0.15, 0.2) is 0 Å². The van der Waals surface area contributed by atoms with Gasteiger partial charge in [0.2, 0.25) is 0 Å². The largest absolute Gasteiger partial charge is 0.393 e. The molecule has 5 heteroatoms. The summed E-state index contributed by atoms with van der Waals surface area (Å²) in [5.74, 6) is 0.183. The molecular formula is C14H20N2O3. The Kier molecular flexibility index (Phi) is 4.14. The van der Waals surface area contributed by atoms with E-state index in [2.05, 4.69) is 4.98 Å². The molecule has 0 saturated heterocycles. The highest BCUT2D eigenvalue weighted by atomic mass is 16.6. The van der Waals surface area contributed by atoms with Crippen molar-refractivity contribution in [3.63, 3.8) is 0 Å². The average molecular weight is 264 g/mol. The van der Waals surface area contributed by atoms with Crippen LogP contribution >= 0.6 is 0 Å². The number of nitrogens with zero attached hydrogens (tertiary/aromatic N) is 2. The molecule has 2 atom stereocenters. The van der Waals surface area contributed by atoms with Gasteiger partial charge >= 0.3 is 0 Å². The van der Waals surface area contributed by atoms with Gasteiger partial charge in [-0.3, -0.25) is 15.1 Å². The van der Waals surface area contributed by atoms with E-state index in [9.17, 15) is 15.2 Å².